The summed E-state index contributed by atoms with van der Waals surface area (Å²) in [5, 5.41) is 13.2. The van der Waals surface area contributed by atoms with Crippen LogP contribution in [0.15, 0.2) is 0 Å². The maximum atomic E-state index is 11.1. The minimum Gasteiger partial charge on any atom is -0.480 e. The second-order valence-corrected chi connectivity index (χ2v) is 2.81. The lowest BCUT2D eigenvalue weighted by atomic mass is 10.2. The van der Waals surface area contributed by atoms with Crippen LogP contribution in [-0.4, -0.2) is 29.2 Å². The van der Waals surface area contributed by atoms with E-state index in [9.17, 15) is 9.59 Å². The highest BCUT2D eigenvalue weighted by Crippen LogP contribution is 1.88. The third kappa shape index (κ3) is 4.36. The molecule has 5 heteroatoms. The molecule has 0 aliphatic heterocycles. The average Bonchev–Trinajstić information content (AvgIpc) is 2.13. The second-order valence-electron chi connectivity index (χ2n) is 2.81. The molecule has 0 saturated heterocycles. The fraction of sp³-hybridized carbons (Fsp3) is 0.556. The largest absolute Gasteiger partial charge is 0.480 e. The lowest BCUT2D eigenvalue weighted by Crippen LogP contribution is -2.47. The van der Waals surface area contributed by atoms with E-state index >= 15 is 0 Å². The molecule has 78 valence electrons. The van der Waals surface area contributed by atoms with E-state index in [4.69, 9.17) is 11.5 Å². The average molecular weight is 198 g/mol. The minimum absolute atomic E-state index is 0.365. The van der Waals surface area contributed by atoms with Crippen LogP contribution in [-0.2, 0) is 4.79 Å². The number of hydrogen-bond acceptors (Lipinski definition) is 2. The number of nitrogens with one attached hydrogen (secondary N) is 2. The van der Waals surface area contributed by atoms with Gasteiger partial charge in [-0.1, -0.05) is 12.8 Å². The smallest absolute Gasteiger partial charge is 0.325 e. The summed E-state index contributed by atoms with van der Waals surface area (Å²) < 4.78 is 0. The van der Waals surface area contributed by atoms with E-state index in [2.05, 4.69) is 16.6 Å². The van der Waals surface area contributed by atoms with Crippen molar-refractivity contribution in [1.29, 1.82) is 0 Å². The Labute approximate surface area is 82.9 Å². The zero-order valence-electron chi connectivity index (χ0n) is 8.20. The highest BCUT2D eigenvalue weighted by atomic mass is 16.4. The van der Waals surface area contributed by atoms with Gasteiger partial charge in [0.05, 0.1) is 6.04 Å². The van der Waals surface area contributed by atoms with Gasteiger partial charge in [0.1, 0.15) is 6.04 Å². The molecule has 14 heavy (non-hydrogen) atoms. The summed E-state index contributed by atoms with van der Waals surface area (Å²) in [6, 6.07) is -1.86. The van der Waals surface area contributed by atoms with Gasteiger partial charge in [0.25, 0.3) is 0 Å². The third-order valence-corrected chi connectivity index (χ3v) is 1.63. The van der Waals surface area contributed by atoms with Crippen molar-refractivity contribution >= 4 is 12.0 Å². The summed E-state index contributed by atoms with van der Waals surface area (Å²) in [5.41, 5.74) is 0. The Morgan fingerprint density at radius 2 is 2.07 bits per heavy atom. The van der Waals surface area contributed by atoms with Crippen molar-refractivity contribution < 1.29 is 14.7 Å². The Hall–Kier alpha value is -1.70. The van der Waals surface area contributed by atoms with E-state index in [1.165, 1.54) is 6.92 Å². The summed E-state index contributed by atoms with van der Waals surface area (Å²) in [5.74, 6) is 1.28. The summed E-state index contributed by atoms with van der Waals surface area (Å²) >= 11 is 0. The Balaban J connectivity index is 3.99. The molecule has 3 N–H and O–H groups in total. The molecule has 2 amide bonds. The summed E-state index contributed by atoms with van der Waals surface area (Å²) in [4.78, 5) is 21.5. The molecule has 1 unspecified atom stereocenters. The molecule has 0 aromatic heterocycles. The molecular weight excluding hydrogens is 184 g/mol. The van der Waals surface area contributed by atoms with Crippen molar-refractivity contribution in [3.8, 4) is 12.3 Å². The van der Waals surface area contributed by atoms with Crippen molar-refractivity contribution in [3.63, 3.8) is 0 Å². The SMILES string of the molecule is C#CC(CC)NC(=O)N[C@@H](C)C(=O)O. The number of carboxylic acid groups (broad SMARTS) is 1. The number of terminal acetylenes is 1. The van der Waals surface area contributed by atoms with Crippen LogP contribution in [0.2, 0.25) is 0 Å². The molecule has 5 nitrogen and oxygen atoms in total. The predicted molar refractivity (Wildman–Crippen MR) is 51.7 cm³/mol. The zero-order valence-corrected chi connectivity index (χ0v) is 8.20. The first-order valence-corrected chi connectivity index (χ1v) is 4.27. The molecular formula is C9H14N2O3. The van der Waals surface area contributed by atoms with Crippen LogP contribution >= 0.6 is 0 Å². The predicted octanol–water partition coefficient (Wildman–Crippen LogP) is 0.170. The fourth-order valence-electron chi connectivity index (χ4n) is 0.720. The molecule has 2 atom stereocenters. The fourth-order valence-corrected chi connectivity index (χ4v) is 0.720. The number of carbonyl (C=O) groups excluding carboxylic acids is 1. The van der Waals surface area contributed by atoms with Gasteiger partial charge in [-0.3, -0.25) is 4.79 Å². The van der Waals surface area contributed by atoms with Crippen LogP contribution in [0.3, 0.4) is 0 Å². The first kappa shape index (κ1) is 12.3. The van der Waals surface area contributed by atoms with E-state index in [0.29, 0.717) is 6.42 Å². The van der Waals surface area contributed by atoms with Crippen molar-refractivity contribution in [3.05, 3.63) is 0 Å². The first-order chi connectivity index (χ1) is 6.51. The molecule has 0 heterocycles. The molecule has 0 fully saturated rings. The van der Waals surface area contributed by atoms with Gasteiger partial charge in [0.15, 0.2) is 0 Å². The first-order valence-electron chi connectivity index (χ1n) is 4.27. The standard InChI is InChI=1S/C9H14N2O3/c1-4-7(5-2)11-9(14)10-6(3)8(12)13/h1,6-7H,5H2,2-3H3,(H,12,13)(H2,10,11,14)/t6-,7?/m0/s1. The Kier molecular flexibility index (Phi) is 5.15. The van der Waals surface area contributed by atoms with Gasteiger partial charge < -0.3 is 15.7 Å². The van der Waals surface area contributed by atoms with E-state index in [0.717, 1.165) is 0 Å². The maximum absolute atomic E-state index is 11.1. The van der Waals surface area contributed by atoms with Crippen LogP contribution in [0.1, 0.15) is 20.3 Å². The normalized spacial score (nSPS) is 13.5. The van der Waals surface area contributed by atoms with Crippen LogP contribution in [0.4, 0.5) is 4.79 Å². The molecule has 0 aromatic rings. The zero-order chi connectivity index (χ0) is 11.1. The van der Waals surface area contributed by atoms with Crippen molar-refractivity contribution in [2.75, 3.05) is 0 Å². The summed E-state index contributed by atoms with van der Waals surface area (Å²) in [6.45, 7) is 3.20. The number of hydrogen-bond donors (Lipinski definition) is 3. The van der Waals surface area contributed by atoms with Gasteiger partial charge in [-0.25, -0.2) is 4.79 Å². The van der Waals surface area contributed by atoms with Crippen molar-refractivity contribution in [1.82, 2.24) is 10.6 Å². The van der Waals surface area contributed by atoms with E-state index in [1.807, 2.05) is 6.92 Å². The second kappa shape index (κ2) is 5.86. The Morgan fingerprint density at radius 3 is 2.43 bits per heavy atom. The van der Waals surface area contributed by atoms with Crippen LogP contribution < -0.4 is 10.6 Å². The van der Waals surface area contributed by atoms with E-state index in [-0.39, 0.29) is 6.04 Å². The molecule has 0 bridgehead atoms. The highest BCUT2D eigenvalue weighted by molar-refractivity contribution is 5.82. The van der Waals surface area contributed by atoms with Crippen LogP contribution in [0, 0.1) is 12.3 Å². The molecule has 0 aliphatic carbocycles. The van der Waals surface area contributed by atoms with Crippen molar-refractivity contribution in [2.24, 2.45) is 0 Å². The number of carboxylic acids is 1. The number of urea groups is 1. The maximum Gasteiger partial charge on any atom is 0.325 e. The van der Waals surface area contributed by atoms with Crippen LogP contribution in [0.25, 0.3) is 0 Å². The Bertz CT molecular complexity index is 257. The van der Waals surface area contributed by atoms with Crippen molar-refractivity contribution in [2.45, 2.75) is 32.4 Å². The lowest BCUT2D eigenvalue weighted by molar-refractivity contribution is -0.138. The Morgan fingerprint density at radius 1 is 1.50 bits per heavy atom. The van der Waals surface area contributed by atoms with Gasteiger partial charge in [-0.05, 0) is 13.3 Å². The van der Waals surface area contributed by atoms with Crippen LogP contribution in [0.5, 0.6) is 0 Å². The molecule has 0 spiro atoms. The highest BCUT2D eigenvalue weighted by Gasteiger charge is 2.14. The molecule has 0 saturated carbocycles. The van der Waals surface area contributed by atoms with Gasteiger partial charge in [-0.15, -0.1) is 6.42 Å². The quantitative estimate of drug-likeness (QED) is 0.563. The number of amides is 2. The van der Waals surface area contributed by atoms with Gasteiger partial charge in [-0.2, -0.15) is 0 Å². The summed E-state index contributed by atoms with van der Waals surface area (Å²) in [6.07, 6.45) is 5.72. The van der Waals surface area contributed by atoms with E-state index < -0.39 is 18.0 Å². The minimum atomic E-state index is -1.09. The van der Waals surface area contributed by atoms with Gasteiger partial charge in [0, 0.05) is 0 Å². The number of aliphatic carboxylic acids is 1. The van der Waals surface area contributed by atoms with E-state index in [1.54, 1.807) is 0 Å². The lowest BCUT2D eigenvalue weighted by Gasteiger charge is -2.13. The van der Waals surface area contributed by atoms with Gasteiger partial charge >= 0.3 is 12.0 Å². The molecule has 0 aromatic carbocycles. The molecule has 0 aliphatic rings. The number of rotatable bonds is 4. The molecule has 0 radical (unpaired) electrons. The summed E-state index contributed by atoms with van der Waals surface area (Å²) in [7, 11) is 0. The van der Waals surface area contributed by atoms with Gasteiger partial charge in [0.2, 0.25) is 0 Å². The number of carbonyl (C=O) groups is 2. The monoisotopic (exact) mass is 198 g/mol. The third-order valence-electron chi connectivity index (χ3n) is 1.63. The topological polar surface area (TPSA) is 78.4 Å². The molecule has 0 rings (SSSR count).